The Morgan fingerprint density at radius 2 is 1.74 bits per heavy atom. The van der Waals surface area contributed by atoms with E-state index in [2.05, 4.69) is 39.1 Å². The molecular formula is C29H32N6O3. The van der Waals surface area contributed by atoms with Gasteiger partial charge in [-0.2, -0.15) is 4.98 Å². The fraction of sp³-hybridized carbons (Fsp3) is 0.310. The van der Waals surface area contributed by atoms with Crippen LogP contribution >= 0.6 is 0 Å². The Hall–Kier alpha value is -4.40. The van der Waals surface area contributed by atoms with Crippen LogP contribution in [0, 0.1) is 0 Å². The Morgan fingerprint density at radius 1 is 1.03 bits per heavy atom. The number of hydrogen-bond acceptors (Lipinski definition) is 8. The minimum Gasteiger partial charge on any atom is -0.493 e. The SMILES string of the molecule is COc1cc2nc(N(C)CC3(c4ccccc4)CCN(C(=O)c4cccnc4)CC3)nc(N)c2cc1OC. The topological polar surface area (TPSA) is 107 Å². The van der Waals surface area contributed by atoms with Gasteiger partial charge in [0.1, 0.15) is 5.82 Å². The third kappa shape index (κ3) is 4.79. The fourth-order valence-corrected chi connectivity index (χ4v) is 5.30. The number of nitrogen functional groups attached to an aromatic ring is 1. The quantitative estimate of drug-likeness (QED) is 0.397. The first-order valence-electron chi connectivity index (χ1n) is 12.6. The van der Waals surface area contributed by atoms with Gasteiger partial charge in [-0.1, -0.05) is 30.3 Å². The molecule has 1 aliphatic rings. The Labute approximate surface area is 222 Å². The average molecular weight is 513 g/mol. The third-order valence-corrected chi connectivity index (χ3v) is 7.40. The van der Waals surface area contributed by atoms with Crippen LogP contribution < -0.4 is 20.1 Å². The van der Waals surface area contributed by atoms with E-state index in [4.69, 9.17) is 20.2 Å². The monoisotopic (exact) mass is 512 g/mol. The zero-order valence-corrected chi connectivity index (χ0v) is 21.9. The molecule has 1 saturated heterocycles. The lowest BCUT2D eigenvalue weighted by molar-refractivity contribution is 0.0669. The Balaban J connectivity index is 1.43. The van der Waals surface area contributed by atoms with Crippen molar-refractivity contribution in [2.24, 2.45) is 0 Å². The van der Waals surface area contributed by atoms with Crippen LogP contribution in [0.5, 0.6) is 11.5 Å². The van der Waals surface area contributed by atoms with Crippen LogP contribution in [0.3, 0.4) is 0 Å². The summed E-state index contributed by atoms with van der Waals surface area (Å²) in [6, 6.07) is 17.7. The van der Waals surface area contributed by atoms with Gasteiger partial charge in [-0.05, 0) is 36.6 Å². The summed E-state index contributed by atoms with van der Waals surface area (Å²) in [6.07, 6.45) is 4.92. The number of aromatic nitrogens is 3. The molecule has 0 spiro atoms. The molecule has 1 amide bonds. The molecule has 196 valence electrons. The number of nitrogens with two attached hydrogens (primary N) is 1. The van der Waals surface area contributed by atoms with E-state index in [1.54, 1.807) is 38.7 Å². The molecule has 3 heterocycles. The number of anilines is 2. The van der Waals surface area contributed by atoms with E-state index < -0.39 is 0 Å². The molecule has 9 heteroatoms. The Morgan fingerprint density at radius 3 is 2.39 bits per heavy atom. The molecule has 1 fully saturated rings. The van der Waals surface area contributed by atoms with Gasteiger partial charge in [0.05, 0.1) is 25.3 Å². The molecule has 2 aromatic carbocycles. The number of amides is 1. The minimum atomic E-state index is -0.188. The van der Waals surface area contributed by atoms with Gasteiger partial charge < -0.3 is 25.0 Å². The van der Waals surface area contributed by atoms with Crippen LogP contribution in [0.4, 0.5) is 11.8 Å². The number of pyridine rings is 1. The molecule has 0 radical (unpaired) electrons. The second-order valence-corrected chi connectivity index (χ2v) is 9.67. The van der Waals surface area contributed by atoms with Gasteiger partial charge in [0.25, 0.3) is 5.91 Å². The average Bonchev–Trinajstić information content (AvgIpc) is 2.97. The fourth-order valence-electron chi connectivity index (χ4n) is 5.30. The molecule has 0 aliphatic carbocycles. The lowest BCUT2D eigenvalue weighted by Crippen LogP contribution is -2.50. The van der Waals surface area contributed by atoms with Gasteiger partial charge in [-0.25, -0.2) is 4.98 Å². The van der Waals surface area contributed by atoms with Crippen LogP contribution in [0.15, 0.2) is 67.0 Å². The van der Waals surface area contributed by atoms with Crippen LogP contribution in [-0.2, 0) is 5.41 Å². The molecule has 4 aromatic rings. The maximum absolute atomic E-state index is 13.1. The first kappa shape index (κ1) is 25.3. The van der Waals surface area contributed by atoms with Gasteiger partial charge in [0, 0.05) is 55.9 Å². The highest BCUT2D eigenvalue weighted by Crippen LogP contribution is 2.38. The molecule has 0 bridgehead atoms. The van der Waals surface area contributed by atoms with Crippen molar-refractivity contribution in [2.45, 2.75) is 18.3 Å². The summed E-state index contributed by atoms with van der Waals surface area (Å²) in [4.78, 5) is 30.6. The highest BCUT2D eigenvalue weighted by molar-refractivity contribution is 5.94. The molecule has 0 unspecified atom stereocenters. The molecule has 5 rings (SSSR count). The molecule has 2 aromatic heterocycles. The largest absolute Gasteiger partial charge is 0.493 e. The zero-order valence-electron chi connectivity index (χ0n) is 21.9. The standard InChI is InChI=1S/C29H32N6O3/c1-34(28-32-23-17-25(38-3)24(37-2)16-22(23)26(30)33-28)19-29(21-9-5-4-6-10-21)11-14-35(15-12-29)27(36)20-8-7-13-31-18-20/h4-10,13,16-18H,11-12,14-15,19H2,1-3H3,(H2,30,32,33). The normalized spacial score (nSPS) is 14.8. The lowest BCUT2D eigenvalue weighted by Gasteiger charge is -2.44. The van der Waals surface area contributed by atoms with Crippen LogP contribution in [-0.4, -0.2) is 66.7 Å². The minimum absolute atomic E-state index is 0.0168. The second kappa shape index (κ2) is 10.5. The van der Waals surface area contributed by atoms with Crippen molar-refractivity contribution in [3.8, 4) is 11.5 Å². The van der Waals surface area contributed by atoms with Gasteiger partial charge in [-0.15, -0.1) is 0 Å². The highest BCUT2D eigenvalue weighted by atomic mass is 16.5. The summed E-state index contributed by atoms with van der Waals surface area (Å²) >= 11 is 0. The molecular weight excluding hydrogens is 480 g/mol. The summed E-state index contributed by atoms with van der Waals surface area (Å²) in [5.41, 5.74) is 8.72. The maximum Gasteiger partial charge on any atom is 0.255 e. The maximum atomic E-state index is 13.1. The van der Waals surface area contributed by atoms with Gasteiger partial charge in [0.2, 0.25) is 5.95 Å². The van der Waals surface area contributed by atoms with Gasteiger partial charge in [0.15, 0.2) is 11.5 Å². The number of nitrogens with zero attached hydrogens (tertiary/aromatic N) is 5. The third-order valence-electron chi connectivity index (χ3n) is 7.40. The van der Waals surface area contributed by atoms with Crippen molar-refractivity contribution in [2.75, 3.05) is 51.5 Å². The van der Waals surface area contributed by atoms with Crippen molar-refractivity contribution in [1.29, 1.82) is 0 Å². The number of hydrogen-bond donors (Lipinski definition) is 1. The smallest absolute Gasteiger partial charge is 0.255 e. The molecule has 9 nitrogen and oxygen atoms in total. The van der Waals surface area contributed by atoms with Gasteiger partial charge >= 0.3 is 0 Å². The van der Waals surface area contributed by atoms with E-state index in [1.165, 1.54) is 5.56 Å². The first-order valence-corrected chi connectivity index (χ1v) is 12.6. The van der Waals surface area contributed by atoms with E-state index in [0.717, 1.165) is 12.8 Å². The highest BCUT2D eigenvalue weighted by Gasteiger charge is 2.39. The Bertz CT molecular complexity index is 1420. The summed E-state index contributed by atoms with van der Waals surface area (Å²) in [5, 5.41) is 0.708. The van der Waals surface area contributed by atoms with Crippen LogP contribution in [0.25, 0.3) is 10.9 Å². The van der Waals surface area contributed by atoms with Crippen molar-refractivity contribution in [3.05, 3.63) is 78.1 Å². The van der Waals surface area contributed by atoms with E-state index >= 15 is 0 Å². The predicted molar refractivity (Wildman–Crippen MR) is 148 cm³/mol. The van der Waals surface area contributed by atoms with E-state index in [-0.39, 0.29) is 11.3 Å². The summed E-state index contributed by atoms with van der Waals surface area (Å²) in [6.45, 7) is 1.96. The van der Waals surface area contributed by atoms with E-state index in [9.17, 15) is 4.79 Å². The number of benzene rings is 2. The summed E-state index contributed by atoms with van der Waals surface area (Å²) in [5.74, 6) is 2.09. The number of rotatable bonds is 7. The van der Waals surface area contributed by atoms with Crippen molar-refractivity contribution >= 4 is 28.6 Å². The number of fused-ring (bicyclic) bond motifs is 1. The summed E-state index contributed by atoms with van der Waals surface area (Å²) in [7, 11) is 5.16. The molecule has 2 N–H and O–H groups in total. The number of carbonyl (C=O) groups excluding carboxylic acids is 1. The first-order chi connectivity index (χ1) is 18.4. The lowest BCUT2D eigenvalue weighted by atomic mass is 9.72. The number of carbonyl (C=O) groups is 1. The second-order valence-electron chi connectivity index (χ2n) is 9.67. The molecule has 1 aliphatic heterocycles. The van der Waals surface area contributed by atoms with Gasteiger partial charge in [-0.3, -0.25) is 9.78 Å². The number of ether oxygens (including phenoxy) is 2. The van der Waals surface area contributed by atoms with Crippen molar-refractivity contribution < 1.29 is 14.3 Å². The van der Waals surface area contributed by atoms with E-state index in [1.807, 2.05) is 30.1 Å². The number of likely N-dealkylation sites (N-methyl/N-ethyl adjacent to an activating group) is 1. The molecule has 38 heavy (non-hydrogen) atoms. The predicted octanol–water partition coefficient (Wildman–Crippen LogP) is 3.93. The number of piperidine rings is 1. The van der Waals surface area contributed by atoms with Crippen molar-refractivity contribution in [3.63, 3.8) is 0 Å². The van der Waals surface area contributed by atoms with Crippen molar-refractivity contribution in [1.82, 2.24) is 19.9 Å². The summed E-state index contributed by atoms with van der Waals surface area (Å²) < 4.78 is 10.9. The molecule has 0 atom stereocenters. The zero-order chi connectivity index (χ0) is 26.7. The molecule has 0 saturated carbocycles. The number of likely N-dealkylation sites (tertiary alicyclic amines) is 1. The van der Waals surface area contributed by atoms with E-state index in [0.29, 0.717) is 59.4 Å². The van der Waals surface area contributed by atoms with Crippen LogP contribution in [0.2, 0.25) is 0 Å². The Kier molecular flexibility index (Phi) is 7.00. The van der Waals surface area contributed by atoms with Crippen LogP contribution in [0.1, 0.15) is 28.8 Å². The number of methoxy groups -OCH3 is 2.